The fraction of sp³-hybridized carbons (Fsp3) is 0.769. The first-order valence-corrected chi connectivity index (χ1v) is 38.0. The summed E-state index contributed by atoms with van der Waals surface area (Å²) in [5, 5.41) is 0. The number of hydrogen-bond acceptors (Lipinski definition) is 0. The topological polar surface area (TPSA) is 0 Å². The van der Waals surface area contributed by atoms with E-state index in [1.54, 1.807) is 115 Å². The second-order valence-corrected chi connectivity index (χ2v) is 41.0. The minimum Gasteiger partial charge on any atom is 0 e. The van der Waals surface area contributed by atoms with Crippen molar-refractivity contribution in [3.63, 3.8) is 0 Å². The molecule has 4 saturated carbocycles. The quantitative estimate of drug-likeness (QED) is 0.113. The van der Waals surface area contributed by atoms with Gasteiger partial charge in [0.2, 0.25) is 0 Å². The van der Waals surface area contributed by atoms with E-state index in [4.69, 9.17) is 0 Å². The van der Waals surface area contributed by atoms with Crippen LogP contribution in [0.4, 0.5) is 50.4 Å². The maximum absolute atomic E-state index is 10.7. The summed E-state index contributed by atoms with van der Waals surface area (Å²) >= 11 is 0. The van der Waals surface area contributed by atoms with E-state index in [0.29, 0.717) is 0 Å². The molecule has 0 N–H and O–H groups in total. The Labute approximate surface area is 460 Å². The van der Waals surface area contributed by atoms with Gasteiger partial charge in [0.15, 0.2) is 11.8 Å². The van der Waals surface area contributed by atoms with Gasteiger partial charge in [-0.05, 0) is 172 Å². The van der Waals surface area contributed by atoms with Crippen molar-refractivity contribution < 1.29 is 89.3 Å². The summed E-state index contributed by atoms with van der Waals surface area (Å²) in [4.78, 5) is 0. The minimum atomic E-state index is -10.7. The van der Waals surface area contributed by atoms with Crippen molar-refractivity contribution in [2.75, 3.05) is 11.8 Å². The minimum absolute atomic E-state index is 0. The van der Waals surface area contributed by atoms with Crippen molar-refractivity contribution in [2.45, 2.75) is 243 Å². The Morgan fingerprint density at radius 1 is 0.347 bits per heavy atom. The molecule has 2 aromatic rings. The first-order valence-electron chi connectivity index (χ1n) is 26.5. The number of halogens is 12. The average Bonchev–Trinajstić information content (AvgIpc) is 3.24. The molecule has 0 bridgehead atoms. The van der Waals surface area contributed by atoms with Crippen LogP contribution in [0.5, 0.6) is 0 Å². The molecule has 0 saturated heterocycles. The number of benzene rings is 2. The Morgan fingerprint density at radius 2 is 0.514 bits per heavy atom. The third-order valence-electron chi connectivity index (χ3n) is 14.2. The Balaban J connectivity index is 0. The molecule has 0 heterocycles. The summed E-state index contributed by atoms with van der Waals surface area (Å²) in [5.74, 6) is 3.47. The summed E-state index contributed by atoms with van der Waals surface area (Å²) in [7, 11) is -21.7. The van der Waals surface area contributed by atoms with Gasteiger partial charge >= 0.3 is 66.0 Å². The van der Waals surface area contributed by atoms with Crippen LogP contribution in [-0.4, -0.2) is 57.1 Å². The summed E-state index contributed by atoms with van der Waals surface area (Å²) in [6.07, 6.45) is 31.4. The van der Waals surface area contributed by atoms with E-state index in [-0.39, 0.29) is 70.6 Å². The first kappa shape index (κ1) is 75.5. The zero-order valence-corrected chi connectivity index (χ0v) is 54.1. The van der Waals surface area contributed by atoms with E-state index >= 15 is 0 Å². The van der Waals surface area contributed by atoms with Gasteiger partial charge in [-0.15, -0.1) is 0 Å². The molecule has 72 heavy (non-hydrogen) atoms. The van der Waals surface area contributed by atoms with Crippen LogP contribution in [0.2, 0.25) is 0 Å². The van der Waals surface area contributed by atoms with Crippen molar-refractivity contribution in [3.8, 4) is 0 Å². The molecule has 6 rings (SSSR count). The smallest absolute Gasteiger partial charge is 0 e. The monoisotopic (exact) mass is 1340 g/mol. The van der Waals surface area contributed by atoms with E-state index in [2.05, 4.69) is 93.5 Å². The third kappa shape index (κ3) is 44.3. The second kappa shape index (κ2) is 33.2. The van der Waals surface area contributed by atoms with Crippen LogP contribution in [0.3, 0.4) is 0 Å². The van der Waals surface area contributed by atoms with Crippen LogP contribution in [-0.2, 0) is 39.0 Å². The Bertz CT molecular complexity index is 1450. The van der Waals surface area contributed by atoms with Gasteiger partial charge in [-0.2, -0.15) is 0 Å². The standard InChI is InChI=1S/2C19H38P2.2C7H8.2F6P.2Rh/c2*1-16(2)20(17(3)4)15-21(18-11-7-5-8-12-18)19-13-9-6-10-14-19;2*1-7-5-3-2-4-6-7;2*1-7(2,3,4,5)6;;/h2*16-19H,5-15H2,1-4H3;2*2-6H,1H3;;;;/q;;;;2*-1;;/p+4. The van der Waals surface area contributed by atoms with Gasteiger partial charge in [-0.1, -0.05) is 97.5 Å². The van der Waals surface area contributed by atoms with E-state index in [0.717, 1.165) is 22.6 Å². The number of rotatable bonds is 12. The van der Waals surface area contributed by atoms with Crippen molar-refractivity contribution in [3.05, 3.63) is 71.8 Å². The fourth-order valence-corrected chi connectivity index (χ4v) is 34.3. The van der Waals surface area contributed by atoms with E-state index in [9.17, 15) is 50.4 Å². The van der Waals surface area contributed by atoms with Crippen LogP contribution in [0.25, 0.3) is 0 Å². The molecule has 2 radical (unpaired) electrons. The van der Waals surface area contributed by atoms with Crippen LogP contribution in [0.15, 0.2) is 60.7 Å². The SMILES string of the molecule is CC(C)[PH+](C[PH+](C1CCCCC1)C1CCCCC1)C(C)C.CC(C)[PH+](C[PH+](C1CCCCC1)C1CCCCC1)C(C)C.Cc1ccccc1.Cc1ccccc1.F[P-](F)(F)(F)(F)F.F[P-](F)(F)(F)(F)F.[Rh].[Rh]. The van der Waals surface area contributed by atoms with Crippen LogP contribution in [0, 0.1) is 13.8 Å². The third-order valence-corrected chi connectivity index (χ3v) is 33.2. The molecule has 0 amide bonds. The van der Waals surface area contributed by atoms with Gasteiger partial charge in [-0.25, -0.2) is 0 Å². The predicted octanol–water partition coefficient (Wildman–Crippen LogP) is 24.5. The predicted molar refractivity (Wildman–Crippen MR) is 301 cm³/mol. The molecular weight excluding hydrogens is 1240 g/mol. The van der Waals surface area contributed by atoms with E-state index in [1.807, 2.05) is 36.4 Å². The molecule has 4 aliphatic rings. The molecule has 0 nitrogen and oxygen atoms in total. The number of hydrogen-bond donors (Lipinski definition) is 0. The fourth-order valence-electron chi connectivity index (χ4n) is 10.8. The van der Waals surface area contributed by atoms with Crippen molar-refractivity contribution in [1.82, 2.24) is 0 Å². The molecule has 20 heteroatoms. The molecule has 4 aliphatic carbocycles. The molecule has 0 atom stereocenters. The molecule has 0 aromatic heterocycles. The Morgan fingerprint density at radius 3 is 0.639 bits per heavy atom. The van der Waals surface area contributed by atoms with Gasteiger partial charge in [0, 0.05) is 70.6 Å². The Hall–Kier alpha value is 1.43. The molecule has 434 valence electrons. The molecule has 2 aromatic carbocycles. The van der Waals surface area contributed by atoms with Gasteiger partial charge in [0.25, 0.3) is 0 Å². The average molecular weight is 1340 g/mol. The van der Waals surface area contributed by atoms with Gasteiger partial charge in [-0.3, -0.25) is 0 Å². The summed E-state index contributed by atoms with van der Waals surface area (Å²) in [6, 6.07) is 20.5. The maximum Gasteiger partial charge on any atom is 0 e. The van der Waals surface area contributed by atoms with Crippen LogP contribution >= 0.6 is 47.3 Å². The summed E-state index contributed by atoms with van der Waals surface area (Å²) in [6.45, 7) is 24.4. The molecule has 0 aliphatic heterocycles. The largest absolute Gasteiger partial charge is 0 e. The van der Waals surface area contributed by atoms with Gasteiger partial charge in [0.1, 0.15) is 0 Å². The number of aryl methyl sites for hydroxylation is 2. The van der Waals surface area contributed by atoms with Gasteiger partial charge < -0.3 is 0 Å². The zero-order valence-electron chi connectivity index (χ0n) is 45.0. The summed E-state index contributed by atoms with van der Waals surface area (Å²) < 4.78 is 118. The van der Waals surface area contributed by atoms with Crippen molar-refractivity contribution in [2.24, 2.45) is 0 Å². The normalized spacial score (nSPS) is 19.5. The molecule has 0 unspecified atom stereocenters. The zero-order chi connectivity index (χ0) is 53.5. The van der Waals surface area contributed by atoms with Gasteiger partial charge in [0.05, 0.1) is 45.3 Å². The van der Waals surface area contributed by atoms with Crippen LogP contribution < -0.4 is 0 Å². The van der Waals surface area contributed by atoms with Crippen LogP contribution in [0.1, 0.15) is 195 Å². The maximum atomic E-state index is 9.87. The molecular formula is C52H96F12P6Rh2+2. The second-order valence-electron chi connectivity index (χ2n) is 21.8. The van der Waals surface area contributed by atoms with E-state index < -0.39 is 15.6 Å². The van der Waals surface area contributed by atoms with Crippen molar-refractivity contribution >= 4 is 47.3 Å². The Kier molecular flexibility index (Phi) is 34.9. The molecule has 4 fully saturated rings. The molecule has 0 spiro atoms. The van der Waals surface area contributed by atoms with Crippen molar-refractivity contribution in [1.29, 1.82) is 0 Å². The first-order chi connectivity index (χ1) is 31.9. The summed E-state index contributed by atoms with van der Waals surface area (Å²) in [5.41, 5.74) is 11.4. The van der Waals surface area contributed by atoms with E-state index in [1.165, 1.54) is 59.4 Å².